The molecule has 24 heavy (non-hydrogen) atoms. The summed E-state index contributed by atoms with van der Waals surface area (Å²) in [5.74, 6) is -0.928. The molecule has 0 aliphatic rings. The number of pyridine rings is 1. The van der Waals surface area contributed by atoms with Gasteiger partial charge in [-0.15, -0.1) is 10.2 Å². The van der Waals surface area contributed by atoms with E-state index in [1.807, 2.05) is 56.3 Å². The topological polar surface area (TPSA) is 82.6 Å². The molecule has 1 aromatic carbocycles. The van der Waals surface area contributed by atoms with Crippen LogP contribution in [0, 0.1) is 6.92 Å². The number of hydrogen-bond donors (Lipinski definition) is 1. The van der Waals surface area contributed by atoms with Gasteiger partial charge in [0.15, 0.2) is 11.5 Å². The maximum atomic E-state index is 11.4. The average molecular weight is 323 g/mol. The van der Waals surface area contributed by atoms with Crippen LogP contribution in [0.2, 0.25) is 0 Å². The summed E-state index contributed by atoms with van der Waals surface area (Å²) in [7, 11) is 3.91. The minimum atomic E-state index is -1.13. The number of carbonyl (C=O) groups is 1. The van der Waals surface area contributed by atoms with E-state index >= 15 is 0 Å². The Labute approximate surface area is 138 Å². The number of benzene rings is 1. The first-order valence-corrected chi connectivity index (χ1v) is 7.37. The Kier molecular flexibility index (Phi) is 3.99. The second kappa shape index (κ2) is 6.11. The third-order valence-corrected chi connectivity index (χ3v) is 3.59. The van der Waals surface area contributed by atoms with Crippen molar-refractivity contribution >= 4 is 28.8 Å². The van der Waals surface area contributed by atoms with Crippen molar-refractivity contribution in [3.8, 4) is 0 Å². The molecule has 2 heterocycles. The molecule has 0 amide bonds. The molecule has 0 spiro atoms. The monoisotopic (exact) mass is 323 g/mol. The largest absolute Gasteiger partial charge is 0.476 e. The summed E-state index contributed by atoms with van der Waals surface area (Å²) in [5, 5.41) is 17.6. The van der Waals surface area contributed by atoms with Crippen molar-refractivity contribution < 1.29 is 9.90 Å². The van der Waals surface area contributed by atoms with Gasteiger partial charge < -0.3 is 10.0 Å². The number of fused-ring (bicyclic) bond motifs is 1. The highest BCUT2D eigenvalue weighted by Crippen LogP contribution is 2.25. The number of hydrogen-bond acceptors (Lipinski definition) is 5. The molecule has 3 aromatic rings. The highest BCUT2D eigenvalue weighted by Gasteiger charge is 2.18. The average Bonchev–Trinajstić information content (AvgIpc) is 2.91. The number of azo groups is 1. The molecule has 0 saturated carbocycles. The Hall–Kier alpha value is -3.22. The van der Waals surface area contributed by atoms with E-state index in [2.05, 4.69) is 15.2 Å². The standard InChI is InChI=1S/C17H17N5O2/c1-11-8-9-22-14(10-11)18-15(17(23)24)16(22)20-19-12-4-6-13(7-5-12)21(2)3/h4-10H,1-3H3,(H,23,24). The van der Waals surface area contributed by atoms with Crippen LogP contribution in [-0.2, 0) is 0 Å². The van der Waals surface area contributed by atoms with E-state index in [1.165, 1.54) is 0 Å². The van der Waals surface area contributed by atoms with Crippen LogP contribution in [0.4, 0.5) is 17.2 Å². The van der Waals surface area contributed by atoms with E-state index in [0.29, 0.717) is 11.3 Å². The zero-order valence-electron chi connectivity index (χ0n) is 13.6. The number of imidazole rings is 1. The summed E-state index contributed by atoms with van der Waals surface area (Å²) in [5.41, 5.74) is 3.09. The molecule has 0 fully saturated rings. The van der Waals surface area contributed by atoms with Gasteiger partial charge in [-0.05, 0) is 48.9 Å². The Morgan fingerprint density at radius 1 is 1.17 bits per heavy atom. The number of carboxylic acid groups (broad SMARTS) is 1. The minimum absolute atomic E-state index is 0.116. The van der Waals surface area contributed by atoms with Gasteiger partial charge in [-0.25, -0.2) is 9.78 Å². The Morgan fingerprint density at radius 3 is 2.50 bits per heavy atom. The van der Waals surface area contributed by atoms with Crippen molar-refractivity contribution in [3.05, 3.63) is 53.9 Å². The van der Waals surface area contributed by atoms with Crippen molar-refractivity contribution in [2.75, 3.05) is 19.0 Å². The zero-order valence-corrected chi connectivity index (χ0v) is 13.6. The van der Waals surface area contributed by atoms with E-state index < -0.39 is 5.97 Å². The third kappa shape index (κ3) is 2.96. The number of aromatic carboxylic acids is 1. The second-order valence-electron chi connectivity index (χ2n) is 5.63. The van der Waals surface area contributed by atoms with Gasteiger partial charge >= 0.3 is 5.97 Å². The van der Waals surface area contributed by atoms with Gasteiger partial charge in [0.25, 0.3) is 0 Å². The van der Waals surface area contributed by atoms with E-state index in [-0.39, 0.29) is 11.5 Å². The number of rotatable bonds is 4. The molecule has 0 aliphatic carbocycles. The van der Waals surface area contributed by atoms with Crippen LogP contribution in [0.5, 0.6) is 0 Å². The highest BCUT2D eigenvalue weighted by molar-refractivity contribution is 5.91. The van der Waals surface area contributed by atoms with Gasteiger partial charge in [-0.1, -0.05) is 0 Å². The first-order chi connectivity index (χ1) is 11.5. The molecule has 2 aromatic heterocycles. The summed E-state index contributed by atoms with van der Waals surface area (Å²) in [4.78, 5) is 17.5. The minimum Gasteiger partial charge on any atom is -0.476 e. The van der Waals surface area contributed by atoms with Crippen LogP contribution in [0.1, 0.15) is 16.1 Å². The lowest BCUT2D eigenvalue weighted by molar-refractivity contribution is 0.0692. The fourth-order valence-electron chi connectivity index (χ4n) is 2.30. The summed E-state index contributed by atoms with van der Waals surface area (Å²) in [6.07, 6.45) is 1.74. The predicted molar refractivity (Wildman–Crippen MR) is 91.8 cm³/mol. The number of anilines is 1. The molecule has 1 N–H and O–H groups in total. The van der Waals surface area contributed by atoms with Crippen molar-refractivity contribution in [1.29, 1.82) is 0 Å². The van der Waals surface area contributed by atoms with Gasteiger partial charge in [-0.2, -0.15) is 0 Å². The molecule has 3 rings (SSSR count). The fourth-order valence-corrected chi connectivity index (χ4v) is 2.30. The summed E-state index contributed by atoms with van der Waals surface area (Å²) in [6.45, 7) is 1.92. The van der Waals surface area contributed by atoms with Crippen molar-refractivity contribution in [3.63, 3.8) is 0 Å². The first-order valence-electron chi connectivity index (χ1n) is 7.37. The zero-order chi connectivity index (χ0) is 17.3. The molecule has 0 saturated heterocycles. The lowest BCUT2D eigenvalue weighted by Crippen LogP contribution is -2.07. The third-order valence-electron chi connectivity index (χ3n) is 3.59. The highest BCUT2D eigenvalue weighted by atomic mass is 16.4. The smallest absolute Gasteiger partial charge is 0.358 e. The molecule has 0 radical (unpaired) electrons. The van der Waals surface area contributed by atoms with Crippen molar-refractivity contribution in [1.82, 2.24) is 9.38 Å². The van der Waals surface area contributed by atoms with Crippen LogP contribution in [-0.4, -0.2) is 34.6 Å². The number of nitrogens with zero attached hydrogens (tertiary/aromatic N) is 5. The van der Waals surface area contributed by atoms with Gasteiger partial charge in [0, 0.05) is 26.0 Å². The SMILES string of the molecule is Cc1ccn2c(N=Nc3ccc(N(C)C)cc3)c(C(=O)O)nc2c1. The lowest BCUT2D eigenvalue weighted by Gasteiger charge is -2.11. The molecule has 122 valence electrons. The van der Waals surface area contributed by atoms with E-state index in [9.17, 15) is 9.90 Å². The van der Waals surface area contributed by atoms with Crippen LogP contribution in [0.15, 0.2) is 52.8 Å². The van der Waals surface area contributed by atoms with Gasteiger partial charge in [-0.3, -0.25) is 4.40 Å². The van der Waals surface area contributed by atoms with Crippen molar-refractivity contribution in [2.24, 2.45) is 10.2 Å². The van der Waals surface area contributed by atoms with Gasteiger partial charge in [0.05, 0.1) is 5.69 Å². The molecule has 7 heteroatoms. The van der Waals surface area contributed by atoms with Gasteiger partial charge in [0.2, 0.25) is 0 Å². The number of aromatic nitrogens is 2. The van der Waals surface area contributed by atoms with Crippen LogP contribution < -0.4 is 4.90 Å². The summed E-state index contributed by atoms with van der Waals surface area (Å²) >= 11 is 0. The van der Waals surface area contributed by atoms with E-state index in [1.54, 1.807) is 16.7 Å². The summed E-state index contributed by atoms with van der Waals surface area (Å²) in [6, 6.07) is 11.2. The normalized spacial score (nSPS) is 11.3. The van der Waals surface area contributed by atoms with Crippen LogP contribution in [0.25, 0.3) is 5.65 Å². The Morgan fingerprint density at radius 2 is 1.88 bits per heavy atom. The number of aryl methyl sites for hydroxylation is 1. The predicted octanol–water partition coefficient (Wildman–Crippen LogP) is 3.82. The van der Waals surface area contributed by atoms with E-state index in [4.69, 9.17) is 0 Å². The van der Waals surface area contributed by atoms with Gasteiger partial charge in [0.1, 0.15) is 5.65 Å². The first kappa shape index (κ1) is 15.7. The fraction of sp³-hybridized carbons (Fsp3) is 0.176. The summed E-state index contributed by atoms with van der Waals surface area (Å²) < 4.78 is 1.62. The molecule has 0 aliphatic heterocycles. The maximum absolute atomic E-state index is 11.4. The molecule has 0 bridgehead atoms. The maximum Gasteiger partial charge on any atom is 0.358 e. The Bertz CT molecular complexity index is 926. The second-order valence-corrected chi connectivity index (χ2v) is 5.63. The molecule has 7 nitrogen and oxygen atoms in total. The molecular weight excluding hydrogens is 306 g/mol. The van der Waals surface area contributed by atoms with Crippen LogP contribution in [0.3, 0.4) is 0 Å². The van der Waals surface area contributed by atoms with E-state index in [0.717, 1.165) is 11.3 Å². The lowest BCUT2D eigenvalue weighted by atomic mass is 10.3. The van der Waals surface area contributed by atoms with Crippen LogP contribution >= 0.6 is 0 Å². The quantitative estimate of drug-likeness (QED) is 0.740. The Balaban J connectivity index is 2.02. The molecule has 0 unspecified atom stereocenters. The molecular formula is C17H17N5O2. The van der Waals surface area contributed by atoms with Crippen molar-refractivity contribution in [2.45, 2.75) is 6.92 Å². The molecule has 0 atom stereocenters. The number of carboxylic acids is 1.